The lowest BCUT2D eigenvalue weighted by molar-refractivity contribution is 0.587. The van der Waals surface area contributed by atoms with Crippen LogP contribution in [0.1, 0.15) is 11.1 Å². The van der Waals surface area contributed by atoms with E-state index < -0.39 is 11.6 Å². The number of nitrogens with two attached hydrogens (primary N) is 1. The summed E-state index contributed by atoms with van der Waals surface area (Å²) >= 11 is 0. The fraction of sp³-hybridized carbons (Fsp3) is 0.0714. The van der Waals surface area contributed by atoms with Crippen molar-refractivity contribution in [1.29, 1.82) is 5.26 Å². The van der Waals surface area contributed by atoms with E-state index in [4.69, 9.17) is 11.0 Å². The third kappa shape index (κ3) is 2.99. The number of hydrogen-bond acceptors (Lipinski definition) is 3. The lowest BCUT2D eigenvalue weighted by Gasteiger charge is -2.09. The molecular formula is C14H11F2N3. The average Bonchev–Trinajstić information content (AvgIpc) is 2.37. The maximum Gasteiger partial charge on any atom is 0.150 e. The third-order valence-electron chi connectivity index (χ3n) is 2.59. The standard InChI is InChI=1S/C14H11F2N3/c15-12-5-10(7-17)6-13(16)14(12)19-8-9-2-1-3-11(18)4-9/h1-6,19H,8,18H2. The zero-order chi connectivity index (χ0) is 13.8. The molecule has 0 aliphatic rings. The van der Waals surface area contributed by atoms with Crippen molar-refractivity contribution in [3.63, 3.8) is 0 Å². The third-order valence-corrected chi connectivity index (χ3v) is 2.59. The molecule has 3 nitrogen and oxygen atoms in total. The van der Waals surface area contributed by atoms with E-state index in [1.807, 2.05) is 0 Å². The summed E-state index contributed by atoms with van der Waals surface area (Å²) in [6, 6.07) is 10.7. The van der Waals surface area contributed by atoms with Crippen molar-refractivity contribution >= 4 is 11.4 Å². The molecule has 2 rings (SSSR count). The molecule has 0 aliphatic heterocycles. The lowest BCUT2D eigenvalue weighted by Crippen LogP contribution is -2.04. The quantitative estimate of drug-likeness (QED) is 0.833. The first-order valence-electron chi connectivity index (χ1n) is 5.57. The van der Waals surface area contributed by atoms with Crippen molar-refractivity contribution in [2.75, 3.05) is 11.1 Å². The predicted molar refractivity (Wildman–Crippen MR) is 69.3 cm³/mol. The van der Waals surface area contributed by atoms with Gasteiger partial charge in [-0.15, -0.1) is 0 Å². The first-order valence-corrected chi connectivity index (χ1v) is 5.57. The van der Waals surface area contributed by atoms with Crippen molar-refractivity contribution < 1.29 is 8.78 Å². The molecule has 0 bridgehead atoms. The van der Waals surface area contributed by atoms with Gasteiger partial charge in [-0.05, 0) is 29.8 Å². The molecule has 0 unspecified atom stereocenters. The molecule has 0 heterocycles. The zero-order valence-corrected chi connectivity index (χ0v) is 9.95. The fourth-order valence-electron chi connectivity index (χ4n) is 1.70. The van der Waals surface area contributed by atoms with Crippen LogP contribution in [0.3, 0.4) is 0 Å². The van der Waals surface area contributed by atoms with Crippen LogP contribution in [0.5, 0.6) is 0 Å². The molecule has 0 amide bonds. The van der Waals surface area contributed by atoms with Gasteiger partial charge in [0.05, 0.1) is 11.6 Å². The SMILES string of the molecule is N#Cc1cc(F)c(NCc2cccc(N)c2)c(F)c1. The van der Waals surface area contributed by atoms with Gasteiger partial charge in [0.1, 0.15) is 5.69 Å². The number of hydrogen-bond donors (Lipinski definition) is 2. The second-order valence-electron chi connectivity index (χ2n) is 4.03. The molecule has 19 heavy (non-hydrogen) atoms. The molecule has 0 atom stereocenters. The number of benzene rings is 2. The van der Waals surface area contributed by atoms with Crippen LogP contribution >= 0.6 is 0 Å². The van der Waals surface area contributed by atoms with Crippen molar-refractivity contribution in [2.45, 2.75) is 6.54 Å². The first kappa shape index (κ1) is 12.8. The van der Waals surface area contributed by atoms with Crippen LogP contribution in [-0.2, 0) is 6.54 Å². The highest BCUT2D eigenvalue weighted by molar-refractivity contribution is 5.51. The summed E-state index contributed by atoms with van der Waals surface area (Å²) in [6.07, 6.45) is 0. The maximum absolute atomic E-state index is 13.6. The van der Waals surface area contributed by atoms with Crippen molar-refractivity contribution in [1.82, 2.24) is 0 Å². The lowest BCUT2D eigenvalue weighted by atomic mass is 10.1. The van der Waals surface area contributed by atoms with Gasteiger partial charge >= 0.3 is 0 Å². The van der Waals surface area contributed by atoms with Gasteiger partial charge in [0.25, 0.3) is 0 Å². The largest absolute Gasteiger partial charge is 0.399 e. The van der Waals surface area contributed by atoms with Crippen LogP contribution in [0, 0.1) is 23.0 Å². The predicted octanol–water partition coefficient (Wildman–Crippen LogP) is 3.03. The number of nitrogens with zero attached hydrogens (tertiary/aromatic N) is 1. The van der Waals surface area contributed by atoms with E-state index in [9.17, 15) is 8.78 Å². The molecule has 0 spiro atoms. The van der Waals surface area contributed by atoms with E-state index in [-0.39, 0.29) is 17.8 Å². The van der Waals surface area contributed by atoms with E-state index in [0.29, 0.717) is 5.69 Å². The van der Waals surface area contributed by atoms with E-state index >= 15 is 0 Å². The van der Waals surface area contributed by atoms with E-state index in [1.165, 1.54) is 0 Å². The second-order valence-corrected chi connectivity index (χ2v) is 4.03. The molecule has 0 aromatic heterocycles. The topological polar surface area (TPSA) is 61.8 Å². The number of nitrogens with one attached hydrogen (secondary N) is 1. The molecule has 2 aromatic carbocycles. The van der Waals surface area contributed by atoms with Crippen molar-refractivity contribution in [3.8, 4) is 6.07 Å². The number of nitriles is 1. The molecule has 96 valence electrons. The van der Waals surface area contributed by atoms with Gasteiger partial charge in [0.2, 0.25) is 0 Å². The Bertz CT molecular complexity index is 624. The summed E-state index contributed by atoms with van der Waals surface area (Å²) in [7, 11) is 0. The monoisotopic (exact) mass is 259 g/mol. The second kappa shape index (κ2) is 5.36. The minimum absolute atomic E-state index is 0.0514. The van der Waals surface area contributed by atoms with Gasteiger partial charge in [-0.25, -0.2) is 8.78 Å². The Kier molecular flexibility index (Phi) is 3.62. The van der Waals surface area contributed by atoms with Gasteiger partial charge in [0, 0.05) is 12.2 Å². The highest BCUT2D eigenvalue weighted by Crippen LogP contribution is 2.21. The number of halogens is 2. The molecule has 0 saturated carbocycles. The molecule has 0 fully saturated rings. The Morgan fingerprint density at radius 1 is 1.16 bits per heavy atom. The molecule has 0 radical (unpaired) electrons. The first-order chi connectivity index (χ1) is 9.10. The number of rotatable bonds is 3. The Morgan fingerprint density at radius 2 is 1.84 bits per heavy atom. The van der Waals surface area contributed by atoms with Gasteiger partial charge in [-0.2, -0.15) is 5.26 Å². The van der Waals surface area contributed by atoms with Gasteiger partial charge in [-0.1, -0.05) is 12.1 Å². The summed E-state index contributed by atoms with van der Waals surface area (Å²) in [6.45, 7) is 0.241. The summed E-state index contributed by atoms with van der Waals surface area (Å²) in [5.41, 5.74) is 6.71. The molecular weight excluding hydrogens is 248 g/mol. The highest BCUT2D eigenvalue weighted by atomic mass is 19.1. The Balaban J connectivity index is 2.18. The molecule has 0 saturated heterocycles. The summed E-state index contributed by atoms with van der Waals surface area (Å²) in [5, 5.41) is 11.3. The van der Waals surface area contributed by atoms with Crippen LogP contribution in [0.25, 0.3) is 0 Å². The van der Waals surface area contributed by atoms with E-state index in [2.05, 4.69) is 5.32 Å². The van der Waals surface area contributed by atoms with Crippen LogP contribution in [0.2, 0.25) is 0 Å². The van der Waals surface area contributed by atoms with E-state index in [0.717, 1.165) is 17.7 Å². The van der Waals surface area contributed by atoms with Crippen LogP contribution in [0.15, 0.2) is 36.4 Å². The molecule has 3 N–H and O–H groups in total. The Labute approximate surface area is 109 Å². The summed E-state index contributed by atoms with van der Waals surface area (Å²) in [5.74, 6) is -1.58. The summed E-state index contributed by atoms with van der Waals surface area (Å²) < 4.78 is 27.2. The van der Waals surface area contributed by atoms with E-state index in [1.54, 1.807) is 30.3 Å². The van der Waals surface area contributed by atoms with Crippen LogP contribution < -0.4 is 11.1 Å². The minimum atomic E-state index is -0.791. The molecule has 2 aromatic rings. The number of anilines is 2. The van der Waals surface area contributed by atoms with Crippen molar-refractivity contribution in [2.24, 2.45) is 0 Å². The normalized spacial score (nSPS) is 9.95. The molecule has 5 heteroatoms. The van der Waals surface area contributed by atoms with Crippen LogP contribution in [0.4, 0.5) is 20.2 Å². The zero-order valence-electron chi connectivity index (χ0n) is 9.95. The smallest absolute Gasteiger partial charge is 0.150 e. The fourth-order valence-corrected chi connectivity index (χ4v) is 1.70. The highest BCUT2D eigenvalue weighted by Gasteiger charge is 2.10. The van der Waals surface area contributed by atoms with Crippen LogP contribution in [-0.4, -0.2) is 0 Å². The number of nitrogen functional groups attached to an aromatic ring is 1. The average molecular weight is 259 g/mol. The molecule has 0 aliphatic carbocycles. The Morgan fingerprint density at radius 3 is 2.42 bits per heavy atom. The van der Waals surface area contributed by atoms with Gasteiger partial charge < -0.3 is 11.1 Å². The van der Waals surface area contributed by atoms with Gasteiger partial charge in [0.15, 0.2) is 11.6 Å². The van der Waals surface area contributed by atoms with Gasteiger partial charge in [-0.3, -0.25) is 0 Å². The summed E-state index contributed by atoms with van der Waals surface area (Å²) in [4.78, 5) is 0. The Hall–Kier alpha value is -2.61. The van der Waals surface area contributed by atoms with Crippen molar-refractivity contribution in [3.05, 3.63) is 59.2 Å². The minimum Gasteiger partial charge on any atom is -0.399 e. The maximum atomic E-state index is 13.6.